The second kappa shape index (κ2) is 83.3. The minimum atomic E-state index is -0.917. The van der Waals surface area contributed by atoms with E-state index in [0.717, 1.165) is 6.42 Å². The summed E-state index contributed by atoms with van der Waals surface area (Å²) in [5.41, 5.74) is 0. The molecule has 0 saturated carbocycles. The molecule has 2 aliphatic rings. The summed E-state index contributed by atoms with van der Waals surface area (Å²) in [4.78, 5) is 0. The molecule has 0 amide bonds. The second-order valence-corrected chi connectivity index (χ2v) is 9.82. The van der Waals surface area contributed by atoms with Gasteiger partial charge < -0.3 is 88.9 Å². The van der Waals surface area contributed by atoms with Crippen LogP contribution in [0.25, 0.3) is 0 Å². The number of alkyl halides is 1. The van der Waals surface area contributed by atoms with Gasteiger partial charge in [0.15, 0.2) is 0 Å². The van der Waals surface area contributed by atoms with E-state index in [2.05, 4.69) is 69.2 Å². The van der Waals surface area contributed by atoms with Crippen LogP contribution >= 0.6 is 0 Å². The molecule has 20 heteroatoms. The molecular formula is C31H59BFO3Y15-9. The topological polar surface area (TPSA) is 27.7 Å². The molecule has 2 fully saturated rings. The second-order valence-electron chi connectivity index (χ2n) is 9.82. The van der Waals surface area contributed by atoms with Crippen LogP contribution in [0.2, 0.25) is 0 Å². The molecule has 2 rings (SSSR count). The molecule has 0 bridgehead atoms. The Balaban J connectivity index is -0.0000000197. The summed E-state index contributed by atoms with van der Waals surface area (Å²) in [6.07, 6.45) is -1.04. The molecule has 17 radical (unpaired) electrons. The van der Waals surface area contributed by atoms with Crippen LogP contribution in [0.3, 0.4) is 0 Å². The molecule has 0 spiro atoms. The van der Waals surface area contributed by atoms with Crippen LogP contribution in [0.1, 0.15) is 63.2 Å². The van der Waals surface area contributed by atoms with Crippen molar-refractivity contribution < 1.29 is 511 Å². The first-order chi connectivity index (χ1) is 16.0. The Kier molecular flexibility index (Phi) is 199. The largest absolute Gasteiger partial charge is 0.385 e. The number of halogens is 1. The Morgan fingerprint density at radius 2 is 1.00 bits per heavy atom. The molecule has 11 atom stereocenters. The quantitative estimate of drug-likeness (QED) is 0.212. The first-order valence-corrected chi connectivity index (χ1v) is 12.4. The number of rotatable bonds is 4. The van der Waals surface area contributed by atoms with E-state index < -0.39 is 24.9 Å². The zero-order chi connectivity index (χ0) is 28.0. The van der Waals surface area contributed by atoms with Crippen LogP contribution in [0.4, 0.5) is 4.39 Å². The van der Waals surface area contributed by atoms with E-state index in [1.807, 2.05) is 20.8 Å². The Labute approximate surface area is 702 Å². The molecule has 0 aromatic rings. The van der Waals surface area contributed by atoms with Gasteiger partial charge in [0.2, 0.25) is 0 Å². The van der Waals surface area contributed by atoms with Crippen molar-refractivity contribution in [1.82, 2.24) is 0 Å². The molecule has 0 aliphatic carbocycles. The summed E-state index contributed by atoms with van der Waals surface area (Å²) in [5, 5.41) is 0. The Bertz CT molecular complexity index is 529. The van der Waals surface area contributed by atoms with Gasteiger partial charge in [-0.15, -0.1) is 25.7 Å². The van der Waals surface area contributed by atoms with Crippen molar-refractivity contribution in [1.29, 1.82) is 0 Å². The van der Waals surface area contributed by atoms with E-state index in [1.165, 1.54) is 6.92 Å². The SMILES string of the molecule is C.[2H][C@@H]1C(CO[C@@H]2OC(CC)[C@@H](C)[C@H]([CH2-])C2[CH2-])O[C@H]([B])C([CH2-])[C@H]1C.[CH2-]C([CH2-])C.[CH2-]C([CH2-])C.[CH2-][C@@H](C)F.[CH3-].[Y].[Y].[Y].[Y].[Y].[Y].[Y].[Y].[Y].[Y].[Y].[Y].[Y].[Y].[Y]. The van der Waals surface area contributed by atoms with Crippen molar-refractivity contribution in [2.24, 2.45) is 41.4 Å². The zero-order valence-electron chi connectivity index (χ0n) is 33.4. The molecule has 265 valence electrons. The van der Waals surface area contributed by atoms with Gasteiger partial charge in [0.1, 0.15) is 14.1 Å². The summed E-state index contributed by atoms with van der Waals surface area (Å²) >= 11 is 0. The third-order valence-electron chi connectivity index (χ3n) is 5.24. The Morgan fingerprint density at radius 3 is 1.27 bits per heavy atom. The van der Waals surface area contributed by atoms with Crippen LogP contribution in [0.15, 0.2) is 0 Å². The summed E-state index contributed by atoms with van der Waals surface area (Å²) in [6.45, 7) is 41.3. The van der Waals surface area contributed by atoms with Crippen LogP contribution in [0.5, 0.6) is 0 Å². The fraction of sp³-hybridized carbons (Fsp3) is 0.710. The third kappa shape index (κ3) is 78.1. The molecule has 51 heavy (non-hydrogen) atoms. The maximum atomic E-state index is 10.9. The zero-order valence-corrected chi connectivity index (χ0v) is 75.0. The van der Waals surface area contributed by atoms with E-state index in [1.54, 1.807) is 0 Å². The predicted octanol–water partition coefficient (Wildman–Crippen LogP) is 7.85. The van der Waals surface area contributed by atoms with E-state index >= 15 is 0 Å². The molecule has 0 aromatic carbocycles. The van der Waals surface area contributed by atoms with Crippen molar-refractivity contribution in [3.05, 3.63) is 62.8 Å². The van der Waals surface area contributed by atoms with Crippen molar-refractivity contribution in [3.63, 3.8) is 0 Å². The smallest absolute Gasteiger partial charge is 0.131 e. The van der Waals surface area contributed by atoms with E-state index in [-0.39, 0.29) is 548 Å². The number of hydrogen-bond acceptors (Lipinski definition) is 3. The number of hydrogen-bond donors (Lipinski definition) is 0. The normalized spacial score (nSPS) is 25.9. The van der Waals surface area contributed by atoms with E-state index in [0.29, 0.717) is 17.8 Å². The summed E-state index contributed by atoms with van der Waals surface area (Å²) in [7, 11) is 5.96. The molecule has 0 N–H and O–H groups in total. The molecule has 2 aliphatic heterocycles. The van der Waals surface area contributed by atoms with E-state index in [4.69, 9.17) is 23.4 Å². The standard InChI is InChI=1S/C18H30BO3.2C4H8.C3H6F.CH4.CH3.15Y/c1-7-16-13(5)12(4)14(6)18(22-16)20-9-15-8-10(2)11(3)17(19)21-15;2*1-4(2)3;1-3(2)4;;;;;;;;;;;;;;;;;/h10-18H,3-4,6-9H2,1-2,5H3;2*4H,1-2H2,3H3;3H,1H2,2H3;1H4;1H3;;;;;;;;;;;;;;;/q-3;2*-2;-1;;-1;;;;;;;;;;;;;;;/t10-,11?,12-,13-,14?,15?,16?,17-,18+;;;3-;;;;;;;;;;;;;;;;;/m0..0................./s1/i8D;;;;;;;;;;;;;;;;;;;;/t8-,10-,11?,12-,13-,14?,15?,16?,17-,18+;;;;;;;;;;;;;;;;;;;;. The molecule has 2 saturated heterocycles. The van der Waals surface area contributed by atoms with Crippen molar-refractivity contribution in [3.8, 4) is 0 Å². The minimum absolute atomic E-state index is 0. The van der Waals surface area contributed by atoms with Gasteiger partial charge in [0.25, 0.3) is 0 Å². The van der Waals surface area contributed by atoms with Crippen molar-refractivity contribution in [2.75, 3.05) is 6.61 Å². The molecule has 3 nitrogen and oxygen atoms in total. The van der Waals surface area contributed by atoms with Gasteiger partial charge in [-0.05, 0) is 30.9 Å². The number of ether oxygens (including phenoxy) is 3. The summed E-state index contributed by atoms with van der Waals surface area (Å²) in [6, 6.07) is -0.452. The Morgan fingerprint density at radius 1 is 0.706 bits per heavy atom. The van der Waals surface area contributed by atoms with Crippen LogP contribution in [0, 0.1) is 104 Å². The fourth-order valence-corrected chi connectivity index (χ4v) is 3.31. The average molecular weight is 1840 g/mol. The molecule has 0 aromatic heterocycles. The maximum absolute atomic E-state index is 10.9. The van der Waals surface area contributed by atoms with Gasteiger partial charge in [-0.2, -0.15) is 5.92 Å². The molecule has 2 heterocycles. The first-order valence-electron chi connectivity index (χ1n) is 12.9. The molecular weight excluding hydrogens is 1780 g/mol. The van der Waals surface area contributed by atoms with Gasteiger partial charge >= 0.3 is 0 Å². The first kappa shape index (κ1) is 122. The van der Waals surface area contributed by atoms with Crippen LogP contribution in [-0.2, 0) is 505 Å². The van der Waals surface area contributed by atoms with Gasteiger partial charge in [-0.3, -0.25) is 4.39 Å². The van der Waals surface area contributed by atoms with Gasteiger partial charge in [0, 0.05) is 492 Å². The minimum Gasteiger partial charge on any atom is -0.385 e. The van der Waals surface area contributed by atoms with Crippen molar-refractivity contribution >= 4 is 7.85 Å². The van der Waals surface area contributed by atoms with Crippen LogP contribution < -0.4 is 0 Å². The predicted molar refractivity (Wildman–Crippen MR) is 158 cm³/mol. The van der Waals surface area contributed by atoms with E-state index in [9.17, 15) is 4.39 Å². The fourth-order valence-electron chi connectivity index (χ4n) is 3.31. The summed E-state index contributed by atoms with van der Waals surface area (Å²) in [5.74, 6) is 1.17. The van der Waals surface area contributed by atoms with Crippen molar-refractivity contribution in [2.45, 2.75) is 92.5 Å². The Hall–Kier alpha value is 16.4. The average Bonchev–Trinajstić information content (AvgIpc) is 2.72. The maximum Gasteiger partial charge on any atom is 0.131 e. The van der Waals surface area contributed by atoms with Gasteiger partial charge in [-0.1, -0.05) is 41.0 Å². The summed E-state index contributed by atoms with van der Waals surface area (Å²) < 4.78 is 36.9. The van der Waals surface area contributed by atoms with Gasteiger partial charge in [-0.25, -0.2) is 0 Å². The molecule has 4 unspecified atom stereocenters. The monoisotopic (exact) mass is 1840 g/mol. The van der Waals surface area contributed by atoms with Gasteiger partial charge in [0.05, 0.1) is 18.8 Å². The van der Waals surface area contributed by atoms with Crippen LogP contribution in [-0.4, -0.2) is 45.1 Å². The third-order valence-corrected chi connectivity index (χ3v) is 5.24.